The first-order valence-electron chi connectivity index (χ1n) is 3.39. The predicted octanol–water partition coefficient (Wildman–Crippen LogP) is 0.747. The third kappa shape index (κ3) is 1.34. The van der Waals surface area contributed by atoms with Gasteiger partial charge in [0, 0.05) is 20.3 Å². The van der Waals surface area contributed by atoms with Gasteiger partial charge >= 0.3 is 0 Å². The molecule has 0 aliphatic carbocycles. The van der Waals surface area contributed by atoms with Crippen LogP contribution in [0.5, 0.6) is 0 Å². The summed E-state index contributed by atoms with van der Waals surface area (Å²) in [7, 11) is 3.61. The highest BCUT2D eigenvalue weighted by molar-refractivity contribution is 5.76. The summed E-state index contributed by atoms with van der Waals surface area (Å²) >= 11 is 0. The lowest BCUT2D eigenvalue weighted by Crippen LogP contribution is -2.02. The summed E-state index contributed by atoms with van der Waals surface area (Å²) in [5.41, 5.74) is 7.26. The molecule has 0 saturated carbocycles. The Morgan fingerprint density at radius 3 is 2.64 bits per heavy atom. The number of nitrogens with two attached hydrogens (primary N) is 1. The molecule has 0 bridgehead atoms. The van der Waals surface area contributed by atoms with E-state index < -0.39 is 0 Å². The molecule has 1 aromatic rings. The van der Waals surface area contributed by atoms with Crippen LogP contribution in [0.3, 0.4) is 0 Å². The van der Waals surface area contributed by atoms with Crippen molar-refractivity contribution in [3.8, 4) is 0 Å². The molecule has 1 heterocycles. The Morgan fingerprint density at radius 2 is 2.09 bits per heavy atom. The Balaban J connectivity index is 3.10. The second-order valence-electron chi connectivity index (χ2n) is 2.12. The van der Waals surface area contributed by atoms with Gasteiger partial charge in [-0.15, -0.1) is 0 Å². The van der Waals surface area contributed by atoms with Gasteiger partial charge in [-0.3, -0.25) is 0 Å². The molecule has 4 N–H and O–H groups in total. The first-order valence-corrected chi connectivity index (χ1v) is 3.39. The molecule has 1 aromatic heterocycles. The lowest BCUT2D eigenvalue weighted by molar-refractivity contribution is 1.28. The van der Waals surface area contributed by atoms with Gasteiger partial charge in [-0.2, -0.15) is 0 Å². The smallest absolute Gasteiger partial charge is 0.151 e. The quantitative estimate of drug-likeness (QED) is 0.585. The second-order valence-corrected chi connectivity index (χ2v) is 2.12. The topological polar surface area (TPSA) is 63.0 Å². The largest absolute Gasteiger partial charge is 0.394 e. The second kappa shape index (κ2) is 3.09. The van der Waals surface area contributed by atoms with E-state index in [1.165, 1.54) is 0 Å². The third-order valence-electron chi connectivity index (χ3n) is 1.50. The maximum Gasteiger partial charge on any atom is 0.151 e. The SMILES string of the molecule is CNc1ccnc(NC)c1N. The van der Waals surface area contributed by atoms with E-state index in [1.807, 2.05) is 13.1 Å². The molecule has 0 aliphatic heterocycles. The summed E-state index contributed by atoms with van der Waals surface area (Å²) in [6.07, 6.45) is 1.70. The van der Waals surface area contributed by atoms with Crippen molar-refractivity contribution in [3.63, 3.8) is 0 Å². The summed E-state index contributed by atoms with van der Waals surface area (Å²) in [5.74, 6) is 0.705. The van der Waals surface area contributed by atoms with Gasteiger partial charge in [0.1, 0.15) is 0 Å². The van der Waals surface area contributed by atoms with Crippen LogP contribution < -0.4 is 16.4 Å². The molecule has 0 atom stereocenters. The fourth-order valence-corrected chi connectivity index (χ4v) is 0.890. The van der Waals surface area contributed by atoms with E-state index in [0.29, 0.717) is 11.5 Å². The van der Waals surface area contributed by atoms with Gasteiger partial charge in [0.15, 0.2) is 5.82 Å². The zero-order valence-corrected chi connectivity index (χ0v) is 6.68. The molecule has 4 nitrogen and oxygen atoms in total. The maximum atomic E-state index is 5.72. The van der Waals surface area contributed by atoms with Crippen molar-refractivity contribution in [2.75, 3.05) is 30.5 Å². The van der Waals surface area contributed by atoms with E-state index in [9.17, 15) is 0 Å². The molecule has 0 amide bonds. The predicted molar refractivity (Wildman–Crippen MR) is 47.7 cm³/mol. The molecule has 0 aromatic carbocycles. The summed E-state index contributed by atoms with van der Waals surface area (Å²) in [5, 5.41) is 5.86. The van der Waals surface area contributed by atoms with Crippen LogP contribution in [0.25, 0.3) is 0 Å². The molecule has 0 fully saturated rings. The summed E-state index contributed by atoms with van der Waals surface area (Å²) < 4.78 is 0. The summed E-state index contributed by atoms with van der Waals surface area (Å²) in [6, 6.07) is 1.83. The van der Waals surface area contributed by atoms with E-state index >= 15 is 0 Å². The van der Waals surface area contributed by atoms with Crippen LogP contribution in [0.4, 0.5) is 17.2 Å². The van der Waals surface area contributed by atoms with E-state index in [4.69, 9.17) is 5.73 Å². The van der Waals surface area contributed by atoms with Crippen molar-refractivity contribution in [2.45, 2.75) is 0 Å². The highest BCUT2D eigenvalue weighted by atomic mass is 15.0. The van der Waals surface area contributed by atoms with Gasteiger partial charge in [0.05, 0.1) is 11.4 Å². The van der Waals surface area contributed by atoms with Crippen molar-refractivity contribution in [1.82, 2.24) is 4.98 Å². The van der Waals surface area contributed by atoms with Gasteiger partial charge in [0.2, 0.25) is 0 Å². The fourth-order valence-electron chi connectivity index (χ4n) is 0.890. The van der Waals surface area contributed by atoms with Crippen molar-refractivity contribution < 1.29 is 0 Å². The van der Waals surface area contributed by atoms with Crippen LogP contribution >= 0.6 is 0 Å². The molecule has 0 unspecified atom stereocenters. The standard InChI is InChI=1S/C7H12N4/c1-9-5-3-4-11-7(10-2)6(5)8/h3-4H,8H2,1-2H3,(H2,9,10,11). The number of hydrogen-bond donors (Lipinski definition) is 3. The van der Waals surface area contributed by atoms with Crippen molar-refractivity contribution in [2.24, 2.45) is 0 Å². The number of pyridine rings is 1. The normalized spacial score (nSPS) is 9.27. The minimum absolute atomic E-state index is 0.650. The molecule has 0 spiro atoms. The Labute approximate surface area is 65.8 Å². The van der Waals surface area contributed by atoms with Gasteiger partial charge in [-0.1, -0.05) is 0 Å². The van der Waals surface area contributed by atoms with E-state index in [2.05, 4.69) is 15.6 Å². The van der Waals surface area contributed by atoms with Crippen molar-refractivity contribution in [3.05, 3.63) is 12.3 Å². The molecule has 0 aliphatic rings. The lowest BCUT2D eigenvalue weighted by Gasteiger charge is -2.07. The lowest BCUT2D eigenvalue weighted by atomic mass is 10.3. The molecular weight excluding hydrogens is 140 g/mol. The molecule has 0 radical (unpaired) electrons. The van der Waals surface area contributed by atoms with Crippen LogP contribution in [0.1, 0.15) is 0 Å². The van der Waals surface area contributed by atoms with Crippen LogP contribution in [0, 0.1) is 0 Å². The van der Waals surface area contributed by atoms with E-state index in [-0.39, 0.29) is 0 Å². The minimum atomic E-state index is 0.650. The van der Waals surface area contributed by atoms with Gasteiger partial charge in [-0.25, -0.2) is 4.98 Å². The number of anilines is 3. The van der Waals surface area contributed by atoms with Crippen molar-refractivity contribution >= 4 is 17.2 Å². The molecular formula is C7H12N4. The number of rotatable bonds is 2. The summed E-state index contributed by atoms with van der Waals surface area (Å²) in [4.78, 5) is 4.03. The van der Waals surface area contributed by atoms with Crippen LogP contribution in [-0.2, 0) is 0 Å². The van der Waals surface area contributed by atoms with Gasteiger partial charge in [-0.05, 0) is 6.07 Å². The van der Waals surface area contributed by atoms with E-state index in [1.54, 1.807) is 13.2 Å². The Hall–Kier alpha value is -1.45. The first-order chi connectivity index (χ1) is 5.29. The molecule has 1 rings (SSSR count). The zero-order valence-electron chi connectivity index (χ0n) is 6.68. The third-order valence-corrected chi connectivity index (χ3v) is 1.50. The first kappa shape index (κ1) is 7.65. The van der Waals surface area contributed by atoms with E-state index in [0.717, 1.165) is 5.69 Å². The highest BCUT2D eigenvalue weighted by Crippen LogP contribution is 2.23. The van der Waals surface area contributed by atoms with Gasteiger partial charge < -0.3 is 16.4 Å². The summed E-state index contributed by atoms with van der Waals surface area (Å²) in [6.45, 7) is 0. The Morgan fingerprint density at radius 1 is 1.36 bits per heavy atom. The number of nitrogen functional groups attached to an aromatic ring is 1. The zero-order chi connectivity index (χ0) is 8.27. The average Bonchev–Trinajstić information content (AvgIpc) is 2.05. The molecule has 60 valence electrons. The molecule has 4 heteroatoms. The monoisotopic (exact) mass is 152 g/mol. The average molecular weight is 152 g/mol. The number of aromatic nitrogens is 1. The van der Waals surface area contributed by atoms with Crippen molar-refractivity contribution in [1.29, 1.82) is 0 Å². The molecule has 0 saturated heterocycles. The Bertz CT molecular complexity index is 224. The number of nitrogens with one attached hydrogen (secondary N) is 2. The number of hydrogen-bond acceptors (Lipinski definition) is 4. The Kier molecular flexibility index (Phi) is 2.15. The minimum Gasteiger partial charge on any atom is -0.394 e. The van der Waals surface area contributed by atoms with Crippen LogP contribution in [-0.4, -0.2) is 19.1 Å². The van der Waals surface area contributed by atoms with Crippen LogP contribution in [0.15, 0.2) is 12.3 Å². The van der Waals surface area contributed by atoms with Gasteiger partial charge in [0.25, 0.3) is 0 Å². The molecule has 11 heavy (non-hydrogen) atoms. The highest BCUT2D eigenvalue weighted by Gasteiger charge is 2.01. The number of nitrogens with zero attached hydrogens (tertiary/aromatic N) is 1. The maximum absolute atomic E-state index is 5.72. The van der Waals surface area contributed by atoms with Crippen LogP contribution in [0.2, 0.25) is 0 Å². The fraction of sp³-hybridized carbons (Fsp3) is 0.286.